The Bertz CT molecular complexity index is 784. The van der Waals surface area contributed by atoms with Crippen LogP contribution in [0, 0.1) is 0 Å². The number of ether oxygens (including phenoxy) is 2. The second-order valence-corrected chi connectivity index (χ2v) is 9.00. The fourth-order valence-electron chi connectivity index (χ4n) is 1.97. The first-order valence-electron chi connectivity index (χ1n) is 8.24. The number of alkyl carbamates (subject to hydrolysis) is 1. The molecule has 1 aromatic carbocycles. The first-order chi connectivity index (χ1) is 12.4. The van der Waals surface area contributed by atoms with Gasteiger partial charge >= 0.3 is 6.09 Å². The molecule has 0 aliphatic rings. The molecule has 1 rings (SSSR count). The molecule has 0 bridgehead atoms. The number of rotatable bonds is 7. The quantitative estimate of drug-likeness (QED) is 0.720. The Hall–Kier alpha value is -2.33. The highest BCUT2D eigenvalue weighted by atomic mass is 32.2. The molecule has 1 aromatic rings. The summed E-state index contributed by atoms with van der Waals surface area (Å²) in [5.74, 6) is -0.210. The zero-order chi connectivity index (χ0) is 20.8. The number of nitrogens with zero attached hydrogens (tertiary/aromatic N) is 1. The largest absolute Gasteiger partial charge is 0.495 e. The van der Waals surface area contributed by atoms with E-state index < -0.39 is 21.7 Å². The van der Waals surface area contributed by atoms with Crippen molar-refractivity contribution in [3.8, 4) is 5.75 Å². The van der Waals surface area contributed by atoms with Crippen LogP contribution in [0.5, 0.6) is 5.75 Å². The zero-order valence-corrected chi connectivity index (χ0v) is 17.3. The summed E-state index contributed by atoms with van der Waals surface area (Å²) in [6, 6.07) is 4.32. The van der Waals surface area contributed by atoms with E-state index in [4.69, 9.17) is 9.47 Å². The van der Waals surface area contributed by atoms with E-state index in [1.807, 2.05) is 0 Å². The minimum atomic E-state index is -3.74. The number of hydrogen-bond donors (Lipinski definition) is 2. The topological polar surface area (TPSA) is 114 Å². The smallest absolute Gasteiger partial charge is 0.407 e. The third-order valence-corrected chi connectivity index (χ3v) is 5.06. The maximum absolute atomic E-state index is 12.4. The number of benzene rings is 1. The number of anilines is 1. The van der Waals surface area contributed by atoms with Gasteiger partial charge in [-0.15, -0.1) is 0 Å². The molecule has 2 amide bonds. The highest BCUT2D eigenvalue weighted by Crippen LogP contribution is 2.28. The van der Waals surface area contributed by atoms with Crippen molar-refractivity contribution in [2.45, 2.75) is 37.7 Å². The molecule has 0 atom stereocenters. The monoisotopic (exact) mass is 401 g/mol. The Kier molecular flexibility index (Phi) is 7.61. The Balaban J connectivity index is 2.74. The van der Waals surface area contributed by atoms with Crippen LogP contribution in [0.15, 0.2) is 23.1 Å². The normalized spacial score (nSPS) is 11.8. The van der Waals surface area contributed by atoms with Crippen LogP contribution in [0.4, 0.5) is 10.5 Å². The van der Waals surface area contributed by atoms with E-state index in [2.05, 4.69) is 10.6 Å². The maximum Gasteiger partial charge on any atom is 0.407 e. The van der Waals surface area contributed by atoms with Crippen LogP contribution < -0.4 is 15.4 Å². The van der Waals surface area contributed by atoms with E-state index in [1.54, 1.807) is 20.8 Å². The van der Waals surface area contributed by atoms with Gasteiger partial charge in [-0.2, -0.15) is 0 Å². The van der Waals surface area contributed by atoms with Crippen molar-refractivity contribution in [2.75, 3.05) is 33.1 Å². The molecule has 27 heavy (non-hydrogen) atoms. The van der Waals surface area contributed by atoms with E-state index in [-0.39, 0.29) is 29.5 Å². The van der Waals surface area contributed by atoms with Crippen LogP contribution in [0.1, 0.15) is 27.2 Å². The van der Waals surface area contributed by atoms with Crippen molar-refractivity contribution in [3.63, 3.8) is 0 Å². The fraction of sp³-hybridized carbons (Fsp3) is 0.529. The molecule has 0 spiro atoms. The first kappa shape index (κ1) is 22.7. The van der Waals surface area contributed by atoms with Crippen LogP contribution in [0.25, 0.3) is 0 Å². The van der Waals surface area contributed by atoms with E-state index >= 15 is 0 Å². The van der Waals surface area contributed by atoms with Crippen LogP contribution in [0.2, 0.25) is 0 Å². The van der Waals surface area contributed by atoms with E-state index in [1.165, 1.54) is 39.4 Å². The minimum Gasteiger partial charge on any atom is -0.495 e. The molecule has 2 N–H and O–H groups in total. The summed E-state index contributed by atoms with van der Waals surface area (Å²) in [5.41, 5.74) is -0.317. The second kappa shape index (κ2) is 9.05. The predicted molar refractivity (Wildman–Crippen MR) is 101 cm³/mol. The summed E-state index contributed by atoms with van der Waals surface area (Å²) in [4.78, 5) is 23.5. The molecule has 0 aliphatic carbocycles. The van der Waals surface area contributed by atoms with Gasteiger partial charge in [0.15, 0.2) is 0 Å². The third kappa shape index (κ3) is 7.06. The minimum absolute atomic E-state index is 0.00103. The molecule has 10 heteroatoms. The molecular formula is C17H27N3O6S. The van der Waals surface area contributed by atoms with Gasteiger partial charge in [0.1, 0.15) is 16.2 Å². The molecule has 0 aromatic heterocycles. The molecule has 0 heterocycles. The van der Waals surface area contributed by atoms with E-state index in [0.29, 0.717) is 5.69 Å². The van der Waals surface area contributed by atoms with Crippen molar-refractivity contribution < 1.29 is 27.5 Å². The van der Waals surface area contributed by atoms with Crippen LogP contribution >= 0.6 is 0 Å². The van der Waals surface area contributed by atoms with Crippen LogP contribution in [-0.4, -0.2) is 58.1 Å². The molecule has 0 unspecified atom stereocenters. The lowest BCUT2D eigenvalue weighted by Gasteiger charge is -2.19. The van der Waals surface area contributed by atoms with Gasteiger partial charge in [0.25, 0.3) is 0 Å². The fourth-order valence-corrected chi connectivity index (χ4v) is 3.04. The molecule has 0 fully saturated rings. The number of carbonyl (C=O) groups excluding carboxylic acids is 2. The molecule has 0 aliphatic heterocycles. The predicted octanol–water partition coefficient (Wildman–Crippen LogP) is 1.80. The molecule has 0 saturated heterocycles. The van der Waals surface area contributed by atoms with Crippen LogP contribution in [-0.2, 0) is 19.6 Å². The number of carbonyl (C=O) groups is 2. The number of sulfonamides is 1. The Labute approximate surface area is 160 Å². The maximum atomic E-state index is 12.4. The second-order valence-electron chi connectivity index (χ2n) is 6.88. The summed E-state index contributed by atoms with van der Waals surface area (Å²) in [7, 11) is 0.436. The number of nitrogens with one attached hydrogen (secondary N) is 2. The van der Waals surface area contributed by atoms with Crippen molar-refractivity contribution in [1.29, 1.82) is 0 Å². The Morgan fingerprint density at radius 1 is 1.19 bits per heavy atom. The van der Waals surface area contributed by atoms with Crippen LogP contribution in [0.3, 0.4) is 0 Å². The molecular weight excluding hydrogens is 374 g/mol. The highest BCUT2D eigenvalue weighted by Gasteiger charge is 2.23. The van der Waals surface area contributed by atoms with Gasteiger partial charge in [-0.25, -0.2) is 17.5 Å². The zero-order valence-electron chi connectivity index (χ0n) is 16.5. The average molecular weight is 401 g/mol. The van der Waals surface area contributed by atoms with Gasteiger partial charge in [0, 0.05) is 32.7 Å². The average Bonchev–Trinajstić information content (AvgIpc) is 2.52. The molecule has 9 nitrogen and oxygen atoms in total. The molecule has 0 saturated carbocycles. The SMILES string of the molecule is COc1ccc(NC(=O)CCNC(=O)OC(C)(C)C)cc1S(=O)(=O)N(C)C. The van der Waals surface area contributed by atoms with E-state index in [9.17, 15) is 18.0 Å². The summed E-state index contributed by atoms with van der Waals surface area (Å²) in [5, 5.41) is 5.08. The van der Waals surface area contributed by atoms with Gasteiger partial charge in [0.2, 0.25) is 15.9 Å². The first-order valence-corrected chi connectivity index (χ1v) is 9.68. The summed E-state index contributed by atoms with van der Waals surface area (Å²) in [6.45, 7) is 5.30. The third-order valence-electron chi connectivity index (χ3n) is 3.23. The van der Waals surface area contributed by atoms with Gasteiger partial charge in [0.05, 0.1) is 7.11 Å². The number of amides is 2. The summed E-state index contributed by atoms with van der Waals surface area (Å²) >= 11 is 0. The Morgan fingerprint density at radius 2 is 1.81 bits per heavy atom. The van der Waals surface area contributed by atoms with Crippen molar-refractivity contribution >= 4 is 27.7 Å². The standard InChI is InChI=1S/C17H27N3O6S/c1-17(2,3)26-16(22)18-10-9-15(21)19-12-7-8-13(25-6)14(11-12)27(23,24)20(4)5/h7-8,11H,9-10H2,1-6H3,(H,18,22)(H,19,21). The van der Waals surface area contributed by atoms with Gasteiger partial charge < -0.3 is 20.1 Å². The van der Waals surface area contributed by atoms with Gasteiger partial charge in [-0.05, 0) is 39.0 Å². The van der Waals surface area contributed by atoms with Crippen molar-refractivity contribution in [1.82, 2.24) is 9.62 Å². The number of methoxy groups -OCH3 is 1. The number of hydrogen-bond acceptors (Lipinski definition) is 6. The highest BCUT2D eigenvalue weighted by molar-refractivity contribution is 7.89. The van der Waals surface area contributed by atoms with E-state index in [0.717, 1.165) is 4.31 Å². The lowest BCUT2D eigenvalue weighted by molar-refractivity contribution is -0.116. The summed E-state index contributed by atoms with van der Waals surface area (Å²) < 4.78 is 36.0. The molecule has 0 radical (unpaired) electrons. The van der Waals surface area contributed by atoms with Gasteiger partial charge in [-0.1, -0.05) is 0 Å². The van der Waals surface area contributed by atoms with Crippen molar-refractivity contribution in [2.24, 2.45) is 0 Å². The lowest BCUT2D eigenvalue weighted by Crippen LogP contribution is -2.34. The lowest BCUT2D eigenvalue weighted by atomic mass is 10.2. The molecule has 152 valence electrons. The summed E-state index contributed by atoms with van der Waals surface area (Å²) in [6.07, 6.45) is -0.611. The van der Waals surface area contributed by atoms with Crippen molar-refractivity contribution in [3.05, 3.63) is 18.2 Å². The van der Waals surface area contributed by atoms with Gasteiger partial charge in [-0.3, -0.25) is 4.79 Å². The Morgan fingerprint density at radius 3 is 2.33 bits per heavy atom.